The van der Waals surface area contributed by atoms with Crippen LogP contribution in [0.5, 0.6) is 0 Å². The van der Waals surface area contributed by atoms with Crippen LogP contribution in [0.2, 0.25) is 0 Å². The van der Waals surface area contributed by atoms with Gasteiger partial charge in [-0.3, -0.25) is 0 Å². The van der Waals surface area contributed by atoms with E-state index in [1.165, 1.54) is 0 Å². The maximum absolute atomic E-state index is 8.88. The van der Waals surface area contributed by atoms with Crippen LogP contribution in [0.25, 0.3) is 0 Å². The minimum absolute atomic E-state index is 0.306. The van der Waals surface area contributed by atoms with Crippen molar-refractivity contribution in [2.75, 3.05) is 0 Å². The smallest absolute Gasteiger partial charge is 0.303 e. The largest absolute Gasteiger partial charge is 0.466 e. The highest BCUT2D eigenvalue weighted by atomic mass is 35.5. The first-order valence-electron chi connectivity index (χ1n) is 2.16. The van der Waals surface area contributed by atoms with Crippen molar-refractivity contribution in [1.82, 2.24) is 0 Å². The Morgan fingerprint density at radius 1 is 1.33 bits per heavy atom. The molecule has 0 bridgehead atoms. The highest BCUT2D eigenvalue weighted by Gasteiger charge is 2.00. The molecule has 0 aliphatic heterocycles. The van der Waals surface area contributed by atoms with E-state index >= 15 is 0 Å². The van der Waals surface area contributed by atoms with Crippen LogP contribution in [0.1, 0.15) is 13.8 Å². The second-order valence-corrected chi connectivity index (χ2v) is 3.43. The van der Waals surface area contributed by atoms with Gasteiger partial charge in [-0.1, -0.05) is 0 Å². The second-order valence-electron chi connectivity index (χ2n) is 1.53. The molecule has 0 aliphatic carbocycles. The van der Waals surface area contributed by atoms with Crippen LogP contribution in [0, 0.1) is 0 Å². The van der Waals surface area contributed by atoms with Crippen LogP contribution in [-0.2, 0) is 4.57 Å². The molecule has 0 saturated heterocycles. The average molecular weight is 177 g/mol. The lowest BCUT2D eigenvalue weighted by Gasteiger charge is -1.82. The summed E-state index contributed by atoms with van der Waals surface area (Å²) in [6, 6.07) is 0. The van der Waals surface area contributed by atoms with Gasteiger partial charge in [0.15, 0.2) is 0 Å². The minimum atomic E-state index is -4.64. The van der Waals surface area contributed by atoms with Crippen LogP contribution >= 0.6 is 19.4 Å². The Balaban J connectivity index is 0. The summed E-state index contributed by atoms with van der Waals surface area (Å²) in [7, 11) is -4.64. The van der Waals surface area contributed by atoms with E-state index in [2.05, 4.69) is 0 Å². The Kier molecular flexibility index (Phi) is 7.01. The van der Waals surface area contributed by atoms with Crippen molar-refractivity contribution in [2.45, 2.75) is 19.2 Å². The third-order valence-electron chi connectivity index (χ3n) is 0. The molecule has 58 valence electrons. The van der Waals surface area contributed by atoms with Crippen molar-refractivity contribution in [3.05, 3.63) is 0 Å². The lowest BCUT2D eigenvalue weighted by molar-refractivity contribution is 0.275. The van der Waals surface area contributed by atoms with Crippen molar-refractivity contribution in [3.63, 3.8) is 0 Å². The quantitative estimate of drug-likeness (QED) is 0.375. The van der Waals surface area contributed by atoms with Crippen molar-refractivity contribution >= 4 is 19.4 Å². The predicted molar refractivity (Wildman–Crippen MR) is 35.3 cm³/mol. The third-order valence-corrected chi connectivity index (χ3v) is 0. The molecule has 9 heavy (non-hydrogen) atoms. The molecule has 0 spiro atoms. The Hall–Kier alpha value is 0.400. The molecule has 0 saturated carbocycles. The summed E-state index contributed by atoms with van der Waals surface area (Å²) in [4.78, 5) is 21.6. The molecule has 0 aromatic carbocycles. The molecule has 6 heteroatoms. The van der Waals surface area contributed by atoms with Crippen LogP contribution < -0.4 is 0 Å². The summed E-state index contributed by atoms with van der Waals surface area (Å²) in [5, 5.41) is 0.306. The van der Waals surface area contributed by atoms with Gasteiger partial charge in [-0.25, -0.2) is 4.57 Å². The lowest BCUT2D eigenvalue weighted by atomic mass is 10.6. The van der Waals surface area contributed by atoms with Gasteiger partial charge in [-0.15, -0.1) is 11.6 Å². The van der Waals surface area contributed by atoms with E-state index in [0.717, 1.165) is 0 Å². The number of hydrogen-bond acceptors (Lipinski definition) is 1. The second kappa shape index (κ2) is 5.21. The summed E-state index contributed by atoms with van der Waals surface area (Å²) >= 11 is 5.27. The number of hydrogen-bond donors (Lipinski definition) is 3. The summed E-state index contributed by atoms with van der Waals surface area (Å²) in [5.74, 6) is 0. The molecule has 0 amide bonds. The van der Waals surface area contributed by atoms with Gasteiger partial charge in [0.05, 0.1) is 0 Å². The zero-order valence-corrected chi connectivity index (χ0v) is 6.80. The fourth-order valence-electron chi connectivity index (χ4n) is 0. The van der Waals surface area contributed by atoms with Crippen LogP contribution in [0.3, 0.4) is 0 Å². The van der Waals surface area contributed by atoms with Crippen LogP contribution in [0.4, 0.5) is 0 Å². The molecule has 0 atom stereocenters. The minimum Gasteiger partial charge on any atom is -0.303 e. The molecule has 0 rings (SSSR count). The highest BCUT2D eigenvalue weighted by molar-refractivity contribution is 7.45. The zero-order chi connectivity index (χ0) is 8.08. The summed E-state index contributed by atoms with van der Waals surface area (Å²) in [6.45, 7) is 3.86. The number of phosphoric acid groups is 1. The van der Waals surface area contributed by atoms with Gasteiger partial charge in [0.2, 0.25) is 0 Å². The zero-order valence-electron chi connectivity index (χ0n) is 5.15. The van der Waals surface area contributed by atoms with Crippen molar-refractivity contribution in [1.29, 1.82) is 0 Å². The van der Waals surface area contributed by atoms with Gasteiger partial charge >= 0.3 is 7.82 Å². The van der Waals surface area contributed by atoms with Crippen molar-refractivity contribution in [3.8, 4) is 0 Å². The molecule has 4 nitrogen and oxygen atoms in total. The fourth-order valence-corrected chi connectivity index (χ4v) is 0. The molecular weight excluding hydrogens is 166 g/mol. The van der Waals surface area contributed by atoms with Gasteiger partial charge in [-0.05, 0) is 13.8 Å². The topological polar surface area (TPSA) is 77.8 Å². The van der Waals surface area contributed by atoms with E-state index in [9.17, 15) is 0 Å². The van der Waals surface area contributed by atoms with E-state index in [4.69, 9.17) is 30.8 Å². The third kappa shape index (κ3) is 2150. The van der Waals surface area contributed by atoms with E-state index in [-0.39, 0.29) is 0 Å². The summed E-state index contributed by atoms with van der Waals surface area (Å²) < 4.78 is 8.88. The van der Waals surface area contributed by atoms with Gasteiger partial charge in [0.1, 0.15) is 0 Å². The van der Waals surface area contributed by atoms with Crippen LogP contribution in [0.15, 0.2) is 0 Å². The van der Waals surface area contributed by atoms with Crippen molar-refractivity contribution < 1.29 is 19.2 Å². The predicted octanol–water partition coefficient (Wildman–Crippen LogP) is 0.705. The van der Waals surface area contributed by atoms with Gasteiger partial charge < -0.3 is 14.7 Å². The van der Waals surface area contributed by atoms with E-state index in [1.807, 2.05) is 13.8 Å². The SMILES string of the molecule is CC(C)Cl.O=P(O)(O)O. The van der Waals surface area contributed by atoms with Gasteiger partial charge in [0, 0.05) is 5.38 Å². The average Bonchev–Trinajstić information content (AvgIpc) is 1.19. The fraction of sp³-hybridized carbons (Fsp3) is 1.00. The first-order chi connectivity index (χ1) is 3.73. The Morgan fingerprint density at radius 2 is 1.33 bits per heavy atom. The summed E-state index contributed by atoms with van der Waals surface area (Å²) in [5.41, 5.74) is 0. The van der Waals surface area contributed by atoms with E-state index < -0.39 is 7.82 Å². The number of rotatable bonds is 0. The Morgan fingerprint density at radius 3 is 1.33 bits per heavy atom. The maximum atomic E-state index is 8.88. The van der Waals surface area contributed by atoms with Crippen molar-refractivity contribution in [2.24, 2.45) is 0 Å². The van der Waals surface area contributed by atoms with Gasteiger partial charge in [-0.2, -0.15) is 0 Å². The first-order valence-corrected chi connectivity index (χ1v) is 4.16. The highest BCUT2D eigenvalue weighted by Crippen LogP contribution is 2.25. The van der Waals surface area contributed by atoms with Crippen LogP contribution in [-0.4, -0.2) is 20.1 Å². The van der Waals surface area contributed by atoms with E-state index in [0.29, 0.717) is 5.38 Å². The van der Waals surface area contributed by atoms with Gasteiger partial charge in [0.25, 0.3) is 0 Å². The monoisotopic (exact) mass is 176 g/mol. The molecule has 0 unspecified atom stereocenters. The molecule has 0 radical (unpaired) electrons. The molecule has 0 heterocycles. The molecule has 3 N–H and O–H groups in total. The number of halogens is 1. The lowest BCUT2D eigenvalue weighted by Crippen LogP contribution is -1.70. The first kappa shape index (κ1) is 12.1. The van der Waals surface area contributed by atoms with E-state index in [1.54, 1.807) is 0 Å². The molecular formula is C3H10ClO4P. The normalized spacial score (nSPS) is 10.6. The Labute approximate surface area is 58.7 Å². The summed E-state index contributed by atoms with van der Waals surface area (Å²) in [6.07, 6.45) is 0. The molecule has 0 aromatic rings. The standard InChI is InChI=1S/C3H7Cl.H3O4P/c1-3(2)4;1-5(2,3)4/h3H,1-2H3;(H3,1,2,3,4). The maximum Gasteiger partial charge on any atom is 0.466 e. The molecule has 0 aromatic heterocycles. The Bertz CT molecular complexity index is 87.0. The molecule has 0 aliphatic rings. The molecule has 0 fully saturated rings. The number of alkyl halides is 1.